The first-order valence-electron chi connectivity index (χ1n) is 6.03. The highest BCUT2D eigenvalue weighted by Crippen LogP contribution is 2.27. The molecule has 0 saturated carbocycles. The van der Waals surface area contributed by atoms with E-state index >= 15 is 0 Å². The van der Waals surface area contributed by atoms with Crippen LogP contribution in [0.4, 0.5) is 0 Å². The van der Waals surface area contributed by atoms with Crippen LogP contribution >= 0.6 is 34.7 Å². The second-order valence-corrected chi connectivity index (χ2v) is 7.45. The average molecular weight is 311 g/mol. The summed E-state index contributed by atoms with van der Waals surface area (Å²) in [5.74, 6) is 1.02. The van der Waals surface area contributed by atoms with Gasteiger partial charge in [0, 0.05) is 5.75 Å². The maximum absolute atomic E-state index is 12.2. The van der Waals surface area contributed by atoms with Crippen molar-refractivity contribution in [2.75, 3.05) is 0 Å². The van der Waals surface area contributed by atoms with Gasteiger partial charge in [-0.1, -0.05) is 41.4 Å². The van der Waals surface area contributed by atoms with Crippen LogP contribution in [0.2, 0.25) is 4.34 Å². The van der Waals surface area contributed by atoms with E-state index in [2.05, 4.69) is 31.2 Å². The maximum Gasteiger partial charge on any atom is 0.185 e. The molecule has 1 aromatic carbocycles. The van der Waals surface area contributed by atoms with Gasteiger partial charge in [0.1, 0.15) is 0 Å². The zero-order valence-corrected chi connectivity index (χ0v) is 13.2. The van der Waals surface area contributed by atoms with Crippen LogP contribution in [-0.2, 0) is 5.75 Å². The fourth-order valence-corrected chi connectivity index (χ4v) is 3.79. The highest BCUT2D eigenvalue weighted by molar-refractivity contribution is 7.99. The van der Waals surface area contributed by atoms with Gasteiger partial charge in [-0.2, -0.15) is 0 Å². The summed E-state index contributed by atoms with van der Waals surface area (Å²) in [7, 11) is 0. The van der Waals surface area contributed by atoms with E-state index in [0.717, 1.165) is 10.6 Å². The van der Waals surface area contributed by atoms with E-state index in [1.165, 1.54) is 22.5 Å². The molecule has 2 rings (SSSR count). The quantitative estimate of drug-likeness (QED) is 0.705. The molecule has 0 radical (unpaired) electrons. The third kappa shape index (κ3) is 4.10. The van der Waals surface area contributed by atoms with E-state index in [0.29, 0.717) is 4.34 Å². The molecular formula is C15H15ClOS2. The molecule has 1 nitrogen and oxygen atoms in total. The van der Waals surface area contributed by atoms with Crippen molar-refractivity contribution in [2.45, 2.75) is 24.9 Å². The fraction of sp³-hybridized carbons (Fsp3) is 0.267. The van der Waals surface area contributed by atoms with Crippen molar-refractivity contribution in [2.24, 2.45) is 0 Å². The van der Waals surface area contributed by atoms with E-state index in [9.17, 15) is 4.79 Å². The molecule has 1 aromatic heterocycles. The SMILES string of the molecule is Cc1cccc(CSC(C)C(=O)c2ccc(Cl)s2)c1. The Hall–Kier alpha value is -0.770. The Bertz CT molecular complexity index is 577. The predicted octanol–water partition coefficient (Wildman–Crippen LogP) is 5.21. The van der Waals surface area contributed by atoms with Crippen molar-refractivity contribution < 1.29 is 4.79 Å². The summed E-state index contributed by atoms with van der Waals surface area (Å²) in [6.07, 6.45) is 0. The summed E-state index contributed by atoms with van der Waals surface area (Å²) in [5.41, 5.74) is 2.51. The van der Waals surface area contributed by atoms with Crippen LogP contribution in [0.1, 0.15) is 27.7 Å². The van der Waals surface area contributed by atoms with Crippen molar-refractivity contribution in [3.63, 3.8) is 0 Å². The third-order valence-corrected chi connectivity index (χ3v) is 5.23. The minimum atomic E-state index is -0.0461. The van der Waals surface area contributed by atoms with Gasteiger partial charge in [0.2, 0.25) is 0 Å². The van der Waals surface area contributed by atoms with Crippen molar-refractivity contribution in [3.05, 3.63) is 56.7 Å². The van der Waals surface area contributed by atoms with Crippen molar-refractivity contribution in [1.82, 2.24) is 0 Å². The molecule has 0 saturated heterocycles. The lowest BCUT2D eigenvalue weighted by atomic mass is 10.2. The summed E-state index contributed by atoms with van der Waals surface area (Å²) < 4.78 is 0.666. The molecular weight excluding hydrogens is 296 g/mol. The van der Waals surface area contributed by atoms with Crippen LogP contribution in [-0.4, -0.2) is 11.0 Å². The molecule has 100 valence electrons. The first-order valence-corrected chi connectivity index (χ1v) is 8.27. The molecule has 0 fully saturated rings. The van der Waals surface area contributed by atoms with Crippen LogP contribution in [0.15, 0.2) is 36.4 Å². The molecule has 4 heteroatoms. The summed E-state index contributed by atoms with van der Waals surface area (Å²) in [4.78, 5) is 12.9. The highest BCUT2D eigenvalue weighted by atomic mass is 35.5. The monoisotopic (exact) mass is 310 g/mol. The van der Waals surface area contributed by atoms with Gasteiger partial charge >= 0.3 is 0 Å². The summed E-state index contributed by atoms with van der Waals surface area (Å²) in [6, 6.07) is 12.0. The maximum atomic E-state index is 12.2. The highest BCUT2D eigenvalue weighted by Gasteiger charge is 2.17. The summed E-state index contributed by atoms with van der Waals surface area (Å²) >= 11 is 8.87. The van der Waals surface area contributed by atoms with Gasteiger partial charge < -0.3 is 0 Å². The minimum absolute atomic E-state index is 0.0461. The van der Waals surface area contributed by atoms with E-state index in [-0.39, 0.29) is 11.0 Å². The van der Waals surface area contributed by atoms with Gasteiger partial charge in [0.25, 0.3) is 0 Å². The molecule has 19 heavy (non-hydrogen) atoms. The number of halogens is 1. The van der Waals surface area contributed by atoms with Gasteiger partial charge in [0.05, 0.1) is 14.5 Å². The van der Waals surface area contributed by atoms with Crippen LogP contribution in [0, 0.1) is 6.92 Å². The second-order valence-electron chi connectivity index (χ2n) is 4.41. The molecule has 0 bridgehead atoms. The first-order chi connectivity index (χ1) is 9.06. The topological polar surface area (TPSA) is 17.1 Å². The molecule has 0 aliphatic rings. The zero-order valence-electron chi connectivity index (χ0n) is 10.9. The van der Waals surface area contributed by atoms with Crippen LogP contribution in [0.5, 0.6) is 0 Å². The number of hydrogen-bond donors (Lipinski definition) is 0. The van der Waals surface area contributed by atoms with Crippen LogP contribution in [0.3, 0.4) is 0 Å². The van der Waals surface area contributed by atoms with Crippen LogP contribution < -0.4 is 0 Å². The Balaban J connectivity index is 1.94. The molecule has 0 amide bonds. The van der Waals surface area contributed by atoms with Gasteiger partial charge in [-0.25, -0.2) is 0 Å². The number of hydrogen-bond acceptors (Lipinski definition) is 3. The first kappa shape index (κ1) is 14.6. The number of Topliss-reactive ketones (excluding diaryl/α,β-unsaturated/α-hetero) is 1. The number of aryl methyl sites for hydroxylation is 1. The Morgan fingerprint density at radius 3 is 2.79 bits per heavy atom. The number of rotatable bonds is 5. The number of ketones is 1. The largest absolute Gasteiger partial charge is 0.292 e. The average Bonchev–Trinajstić information content (AvgIpc) is 2.82. The number of thiophene rings is 1. The summed E-state index contributed by atoms with van der Waals surface area (Å²) in [6.45, 7) is 4.03. The Labute approximate surface area is 127 Å². The molecule has 0 N–H and O–H groups in total. The van der Waals surface area contributed by atoms with Gasteiger partial charge in [-0.3, -0.25) is 4.79 Å². The van der Waals surface area contributed by atoms with Crippen molar-refractivity contribution in [1.29, 1.82) is 0 Å². The van der Waals surface area contributed by atoms with Gasteiger partial charge in [0.15, 0.2) is 5.78 Å². The Morgan fingerprint density at radius 1 is 1.37 bits per heavy atom. The Morgan fingerprint density at radius 2 is 2.16 bits per heavy atom. The molecule has 2 aromatic rings. The lowest BCUT2D eigenvalue weighted by molar-refractivity contribution is 0.0998. The second kappa shape index (κ2) is 6.60. The molecule has 1 unspecified atom stereocenters. The fourth-order valence-electron chi connectivity index (χ4n) is 1.75. The standard InChI is InChI=1S/C15H15ClOS2/c1-10-4-3-5-12(8-10)9-18-11(2)15(17)13-6-7-14(16)19-13/h3-8,11H,9H2,1-2H3. The predicted molar refractivity (Wildman–Crippen MR) is 85.6 cm³/mol. The van der Waals surface area contributed by atoms with E-state index in [1.807, 2.05) is 6.92 Å². The van der Waals surface area contributed by atoms with E-state index in [4.69, 9.17) is 11.6 Å². The van der Waals surface area contributed by atoms with Crippen LogP contribution in [0.25, 0.3) is 0 Å². The van der Waals surface area contributed by atoms with E-state index in [1.54, 1.807) is 23.9 Å². The number of benzene rings is 1. The third-order valence-electron chi connectivity index (χ3n) is 2.77. The lowest BCUT2D eigenvalue weighted by Crippen LogP contribution is -2.12. The number of carbonyl (C=O) groups is 1. The number of carbonyl (C=O) groups excluding carboxylic acids is 1. The molecule has 1 heterocycles. The minimum Gasteiger partial charge on any atom is -0.292 e. The van der Waals surface area contributed by atoms with Gasteiger partial charge in [-0.05, 0) is 31.5 Å². The summed E-state index contributed by atoms with van der Waals surface area (Å²) in [5, 5.41) is -0.0461. The molecule has 1 atom stereocenters. The molecule has 0 aliphatic heterocycles. The zero-order chi connectivity index (χ0) is 13.8. The van der Waals surface area contributed by atoms with Crippen molar-refractivity contribution >= 4 is 40.5 Å². The lowest BCUT2D eigenvalue weighted by Gasteiger charge is -2.09. The molecule has 0 aliphatic carbocycles. The van der Waals surface area contributed by atoms with E-state index < -0.39 is 0 Å². The normalized spacial score (nSPS) is 12.4. The number of thioether (sulfide) groups is 1. The van der Waals surface area contributed by atoms with Gasteiger partial charge in [-0.15, -0.1) is 23.1 Å². The van der Waals surface area contributed by atoms with Crippen molar-refractivity contribution in [3.8, 4) is 0 Å². The Kier molecular flexibility index (Phi) is 5.08. The molecule has 0 spiro atoms. The smallest absolute Gasteiger partial charge is 0.185 e.